The van der Waals surface area contributed by atoms with Crippen LogP contribution in [-0.2, 0) is 4.74 Å². The summed E-state index contributed by atoms with van der Waals surface area (Å²) in [5, 5.41) is 3.38. The molecule has 0 radical (unpaired) electrons. The summed E-state index contributed by atoms with van der Waals surface area (Å²) in [6.45, 7) is 0. The Morgan fingerprint density at radius 3 is 1.85 bits per heavy atom. The topological polar surface area (TPSA) is 64.6 Å². The number of carbonyl (C=O) groups excluding carboxylic acids is 2. The lowest BCUT2D eigenvalue weighted by Gasteiger charge is -2.09. The third-order valence-electron chi connectivity index (χ3n) is 3.73. The van der Waals surface area contributed by atoms with Crippen molar-refractivity contribution in [3.63, 3.8) is 0 Å². The molecule has 0 unspecified atom stereocenters. The SMILES string of the molecule is COC(=O)c1ccc(Oc2ccc(NC(=O)c3ccc(Cl)cc3)cc2)cc1. The van der Waals surface area contributed by atoms with E-state index in [-0.39, 0.29) is 5.91 Å². The molecule has 27 heavy (non-hydrogen) atoms. The van der Waals surface area contributed by atoms with Gasteiger partial charge in [-0.2, -0.15) is 0 Å². The Kier molecular flexibility index (Phi) is 5.74. The first-order valence-electron chi connectivity index (χ1n) is 8.08. The van der Waals surface area contributed by atoms with Crippen LogP contribution in [0.25, 0.3) is 0 Å². The highest BCUT2D eigenvalue weighted by atomic mass is 35.5. The van der Waals surface area contributed by atoms with Gasteiger partial charge in [0.1, 0.15) is 11.5 Å². The van der Waals surface area contributed by atoms with Gasteiger partial charge in [0.05, 0.1) is 12.7 Å². The summed E-state index contributed by atoms with van der Waals surface area (Å²) in [5.74, 6) is 0.562. The van der Waals surface area contributed by atoms with Crippen molar-refractivity contribution in [2.45, 2.75) is 0 Å². The van der Waals surface area contributed by atoms with E-state index in [0.717, 1.165) is 0 Å². The molecule has 0 aliphatic carbocycles. The molecule has 0 saturated carbocycles. The minimum atomic E-state index is -0.401. The van der Waals surface area contributed by atoms with Crippen LogP contribution in [0.2, 0.25) is 5.02 Å². The number of hydrogen-bond donors (Lipinski definition) is 1. The van der Waals surface area contributed by atoms with Gasteiger partial charge in [-0.3, -0.25) is 4.79 Å². The van der Waals surface area contributed by atoms with Crippen LogP contribution < -0.4 is 10.1 Å². The Labute approximate surface area is 161 Å². The highest BCUT2D eigenvalue weighted by Crippen LogP contribution is 2.24. The molecular formula is C21H16ClNO4. The number of anilines is 1. The fourth-order valence-electron chi connectivity index (χ4n) is 2.32. The van der Waals surface area contributed by atoms with Crippen molar-refractivity contribution in [2.75, 3.05) is 12.4 Å². The lowest BCUT2D eigenvalue weighted by molar-refractivity contribution is 0.0600. The Bertz CT molecular complexity index is 935. The Morgan fingerprint density at radius 1 is 0.778 bits per heavy atom. The van der Waals surface area contributed by atoms with Crippen LogP contribution >= 0.6 is 11.6 Å². The molecule has 0 fully saturated rings. The first-order valence-corrected chi connectivity index (χ1v) is 8.46. The average Bonchev–Trinajstić information content (AvgIpc) is 2.70. The van der Waals surface area contributed by atoms with E-state index in [1.165, 1.54) is 7.11 Å². The normalized spacial score (nSPS) is 10.1. The Morgan fingerprint density at radius 2 is 1.30 bits per heavy atom. The number of hydrogen-bond acceptors (Lipinski definition) is 4. The maximum atomic E-state index is 12.2. The van der Waals surface area contributed by atoms with Crippen LogP contribution in [0.15, 0.2) is 72.8 Å². The third-order valence-corrected chi connectivity index (χ3v) is 3.98. The van der Waals surface area contributed by atoms with Gasteiger partial charge in [0.25, 0.3) is 5.91 Å². The van der Waals surface area contributed by atoms with Crippen LogP contribution in [0.3, 0.4) is 0 Å². The van der Waals surface area contributed by atoms with E-state index in [1.807, 2.05) is 0 Å². The van der Waals surface area contributed by atoms with Gasteiger partial charge in [-0.25, -0.2) is 4.79 Å². The zero-order valence-corrected chi connectivity index (χ0v) is 15.2. The molecule has 0 aliphatic heterocycles. The van der Waals surface area contributed by atoms with Gasteiger partial charge in [-0.15, -0.1) is 0 Å². The number of amides is 1. The molecule has 6 heteroatoms. The van der Waals surface area contributed by atoms with E-state index < -0.39 is 5.97 Å². The van der Waals surface area contributed by atoms with Crippen molar-refractivity contribution >= 4 is 29.2 Å². The Hall–Kier alpha value is -3.31. The largest absolute Gasteiger partial charge is 0.465 e. The number of rotatable bonds is 5. The highest BCUT2D eigenvalue weighted by molar-refractivity contribution is 6.30. The quantitative estimate of drug-likeness (QED) is 0.619. The van der Waals surface area contributed by atoms with Crippen LogP contribution in [0.4, 0.5) is 5.69 Å². The molecular weight excluding hydrogens is 366 g/mol. The Balaban J connectivity index is 1.62. The van der Waals surface area contributed by atoms with Crippen molar-refractivity contribution in [3.05, 3.63) is 88.9 Å². The van der Waals surface area contributed by atoms with Crippen molar-refractivity contribution in [3.8, 4) is 11.5 Å². The monoisotopic (exact) mass is 381 g/mol. The van der Waals surface area contributed by atoms with Crippen molar-refractivity contribution < 1.29 is 19.1 Å². The molecule has 1 N–H and O–H groups in total. The average molecular weight is 382 g/mol. The van der Waals surface area contributed by atoms with E-state index in [2.05, 4.69) is 10.1 Å². The highest BCUT2D eigenvalue weighted by Gasteiger charge is 2.07. The van der Waals surface area contributed by atoms with Gasteiger partial charge in [0, 0.05) is 16.3 Å². The minimum Gasteiger partial charge on any atom is -0.465 e. The van der Waals surface area contributed by atoms with Gasteiger partial charge in [0.15, 0.2) is 0 Å². The van der Waals surface area contributed by atoms with Gasteiger partial charge in [0.2, 0.25) is 0 Å². The molecule has 0 bridgehead atoms. The molecule has 1 amide bonds. The lowest BCUT2D eigenvalue weighted by atomic mass is 10.2. The van der Waals surface area contributed by atoms with Gasteiger partial charge in [-0.1, -0.05) is 11.6 Å². The number of carbonyl (C=O) groups is 2. The predicted molar refractivity (Wildman–Crippen MR) is 104 cm³/mol. The summed E-state index contributed by atoms with van der Waals surface area (Å²) >= 11 is 5.82. The van der Waals surface area contributed by atoms with Crippen molar-refractivity contribution in [1.29, 1.82) is 0 Å². The minimum absolute atomic E-state index is 0.223. The molecule has 3 aromatic rings. The van der Waals surface area contributed by atoms with Crippen LogP contribution in [0.1, 0.15) is 20.7 Å². The fraction of sp³-hybridized carbons (Fsp3) is 0.0476. The van der Waals surface area contributed by atoms with Gasteiger partial charge in [-0.05, 0) is 72.8 Å². The van der Waals surface area contributed by atoms with E-state index in [4.69, 9.17) is 16.3 Å². The third kappa shape index (κ3) is 4.86. The lowest BCUT2D eigenvalue weighted by Crippen LogP contribution is -2.11. The molecule has 136 valence electrons. The molecule has 5 nitrogen and oxygen atoms in total. The van der Waals surface area contributed by atoms with Crippen LogP contribution in [0.5, 0.6) is 11.5 Å². The second-order valence-corrected chi connectivity index (χ2v) is 6.04. The van der Waals surface area contributed by atoms with Crippen LogP contribution in [0, 0.1) is 0 Å². The zero-order valence-electron chi connectivity index (χ0n) is 14.4. The molecule has 3 rings (SSSR count). The van der Waals surface area contributed by atoms with E-state index in [9.17, 15) is 9.59 Å². The molecule has 0 atom stereocenters. The zero-order chi connectivity index (χ0) is 19.2. The standard InChI is InChI=1S/C21H16ClNO4/c1-26-21(25)15-4-10-18(11-5-15)27-19-12-8-17(9-13-19)23-20(24)14-2-6-16(22)7-3-14/h2-13H,1H3,(H,23,24). The molecule has 3 aromatic carbocycles. The number of nitrogens with one attached hydrogen (secondary N) is 1. The summed E-state index contributed by atoms with van der Waals surface area (Å²) < 4.78 is 10.4. The number of halogens is 1. The smallest absolute Gasteiger partial charge is 0.337 e. The number of esters is 1. The molecule has 0 aliphatic rings. The molecule has 0 heterocycles. The second kappa shape index (κ2) is 8.38. The maximum absolute atomic E-state index is 12.2. The molecule has 0 spiro atoms. The van der Waals surface area contributed by atoms with Gasteiger partial charge < -0.3 is 14.8 Å². The van der Waals surface area contributed by atoms with Crippen molar-refractivity contribution in [1.82, 2.24) is 0 Å². The first kappa shape index (κ1) is 18.5. The number of ether oxygens (including phenoxy) is 2. The van der Waals surface area contributed by atoms with Crippen molar-refractivity contribution in [2.24, 2.45) is 0 Å². The van der Waals surface area contributed by atoms with E-state index >= 15 is 0 Å². The molecule has 0 aromatic heterocycles. The summed E-state index contributed by atoms with van der Waals surface area (Å²) in [5.41, 5.74) is 1.61. The van der Waals surface area contributed by atoms with E-state index in [0.29, 0.717) is 33.3 Å². The fourth-order valence-corrected chi connectivity index (χ4v) is 2.45. The molecule has 0 saturated heterocycles. The number of methoxy groups -OCH3 is 1. The maximum Gasteiger partial charge on any atom is 0.337 e. The van der Waals surface area contributed by atoms with Gasteiger partial charge >= 0.3 is 5.97 Å². The number of benzene rings is 3. The van der Waals surface area contributed by atoms with Crippen LogP contribution in [-0.4, -0.2) is 19.0 Å². The predicted octanol–water partition coefficient (Wildman–Crippen LogP) is 5.17. The first-order chi connectivity index (χ1) is 13.0. The summed E-state index contributed by atoms with van der Waals surface area (Å²) in [7, 11) is 1.33. The summed E-state index contributed by atoms with van der Waals surface area (Å²) in [6, 6.07) is 20.2. The summed E-state index contributed by atoms with van der Waals surface area (Å²) in [4.78, 5) is 23.6. The summed E-state index contributed by atoms with van der Waals surface area (Å²) in [6.07, 6.45) is 0. The second-order valence-electron chi connectivity index (χ2n) is 5.60. The van der Waals surface area contributed by atoms with E-state index in [1.54, 1.807) is 72.8 Å².